The van der Waals surface area contributed by atoms with E-state index in [0.717, 1.165) is 37.5 Å². The molecule has 0 unspecified atom stereocenters. The Morgan fingerprint density at radius 2 is 2.14 bits per heavy atom. The van der Waals surface area contributed by atoms with Crippen LogP contribution in [0.3, 0.4) is 0 Å². The van der Waals surface area contributed by atoms with E-state index in [2.05, 4.69) is 46.4 Å². The van der Waals surface area contributed by atoms with Crippen LogP contribution in [0.4, 0.5) is 0 Å². The molecule has 1 amide bonds. The SMILES string of the molecule is CO[C@H]1[C@H](NC(=O)CSC)c2ccccc2C12CCN(Cc1cnc(C)s1)CC2. The number of hydrogen-bond donors (Lipinski definition) is 1. The standard InChI is InChI=1S/C22H29N3O2S2/c1-15-23-12-16(29-15)13-25-10-8-22(9-11-25)18-7-5-4-6-17(18)20(21(22)27-2)24-19(26)14-28-3/h4-7,12,20-21H,8-11,13-14H2,1-3H3,(H,24,26)/t20-,21+/m1/s1. The first-order valence-electron chi connectivity index (χ1n) is 10.1. The Morgan fingerprint density at radius 3 is 2.79 bits per heavy atom. The van der Waals surface area contributed by atoms with E-state index in [1.54, 1.807) is 30.2 Å². The van der Waals surface area contributed by atoms with Crippen molar-refractivity contribution in [3.63, 3.8) is 0 Å². The van der Waals surface area contributed by atoms with Crippen LogP contribution in [-0.2, 0) is 21.5 Å². The Bertz CT molecular complexity index is 861. The number of benzene rings is 1. The van der Waals surface area contributed by atoms with E-state index in [1.807, 2.05) is 12.5 Å². The lowest BCUT2D eigenvalue weighted by Crippen LogP contribution is -2.50. The van der Waals surface area contributed by atoms with Crippen LogP contribution in [0.25, 0.3) is 0 Å². The van der Waals surface area contributed by atoms with Crippen LogP contribution in [0, 0.1) is 6.92 Å². The molecule has 156 valence electrons. The first-order chi connectivity index (χ1) is 14.1. The van der Waals surface area contributed by atoms with Crippen LogP contribution in [-0.4, -0.2) is 54.1 Å². The largest absolute Gasteiger partial charge is 0.378 e. The van der Waals surface area contributed by atoms with Gasteiger partial charge < -0.3 is 10.1 Å². The molecule has 0 bridgehead atoms. The number of piperidine rings is 1. The number of fused-ring (bicyclic) bond motifs is 2. The van der Waals surface area contributed by atoms with Gasteiger partial charge in [-0.1, -0.05) is 24.3 Å². The van der Waals surface area contributed by atoms with Crippen molar-refractivity contribution in [3.8, 4) is 0 Å². The number of methoxy groups -OCH3 is 1. The molecule has 1 N–H and O–H groups in total. The summed E-state index contributed by atoms with van der Waals surface area (Å²) < 4.78 is 6.09. The second kappa shape index (κ2) is 8.76. The summed E-state index contributed by atoms with van der Waals surface area (Å²) in [5, 5.41) is 4.38. The molecule has 2 atom stereocenters. The Labute approximate surface area is 181 Å². The highest BCUT2D eigenvalue weighted by Gasteiger charge is 2.53. The number of hydrogen-bond acceptors (Lipinski definition) is 6. The van der Waals surface area contributed by atoms with Crippen LogP contribution in [0.15, 0.2) is 30.5 Å². The van der Waals surface area contributed by atoms with E-state index in [-0.39, 0.29) is 23.5 Å². The molecule has 0 radical (unpaired) electrons. The lowest BCUT2D eigenvalue weighted by Gasteiger charge is -2.44. The predicted octanol–water partition coefficient (Wildman–Crippen LogP) is 3.53. The van der Waals surface area contributed by atoms with Gasteiger partial charge in [-0.3, -0.25) is 9.69 Å². The van der Waals surface area contributed by atoms with Crippen LogP contribution in [0.1, 0.15) is 39.9 Å². The fraction of sp³-hybridized carbons (Fsp3) is 0.545. The Balaban J connectivity index is 1.55. The van der Waals surface area contributed by atoms with Crippen molar-refractivity contribution in [3.05, 3.63) is 51.5 Å². The number of carbonyl (C=O) groups excluding carboxylic acids is 1. The van der Waals surface area contributed by atoms with Crippen molar-refractivity contribution >= 4 is 29.0 Å². The zero-order valence-electron chi connectivity index (χ0n) is 17.3. The van der Waals surface area contributed by atoms with E-state index in [9.17, 15) is 4.79 Å². The maximum absolute atomic E-state index is 12.4. The van der Waals surface area contributed by atoms with E-state index in [4.69, 9.17) is 4.74 Å². The molecule has 1 aromatic heterocycles. The van der Waals surface area contributed by atoms with Crippen LogP contribution in [0.5, 0.6) is 0 Å². The van der Waals surface area contributed by atoms with E-state index in [0.29, 0.717) is 5.75 Å². The summed E-state index contributed by atoms with van der Waals surface area (Å²) in [5.74, 6) is 0.554. The number of nitrogens with one attached hydrogen (secondary N) is 1. The molecule has 2 aliphatic rings. The molecule has 1 fully saturated rings. The van der Waals surface area contributed by atoms with Crippen molar-refractivity contribution in [1.29, 1.82) is 0 Å². The molecule has 1 aliphatic carbocycles. The van der Waals surface area contributed by atoms with Crippen LogP contribution >= 0.6 is 23.1 Å². The van der Waals surface area contributed by atoms with Gasteiger partial charge in [-0.05, 0) is 50.2 Å². The number of aryl methyl sites for hydroxylation is 1. The summed E-state index contributed by atoms with van der Waals surface area (Å²) in [4.78, 5) is 20.6. The predicted molar refractivity (Wildman–Crippen MR) is 120 cm³/mol. The van der Waals surface area contributed by atoms with Gasteiger partial charge in [-0.15, -0.1) is 11.3 Å². The molecule has 1 saturated heterocycles. The number of rotatable bonds is 6. The summed E-state index contributed by atoms with van der Waals surface area (Å²) >= 11 is 3.33. The molecule has 0 saturated carbocycles. The Hall–Kier alpha value is -1.41. The zero-order valence-corrected chi connectivity index (χ0v) is 18.9. The molecule has 7 heteroatoms. The third-order valence-electron chi connectivity index (χ3n) is 6.32. The summed E-state index contributed by atoms with van der Waals surface area (Å²) in [6.07, 6.45) is 6.01. The molecule has 1 aromatic carbocycles. The number of thioether (sulfide) groups is 1. The number of aromatic nitrogens is 1. The van der Waals surface area contributed by atoms with Crippen molar-refractivity contribution in [1.82, 2.24) is 15.2 Å². The smallest absolute Gasteiger partial charge is 0.230 e. The van der Waals surface area contributed by atoms with Gasteiger partial charge >= 0.3 is 0 Å². The van der Waals surface area contributed by atoms with Crippen LogP contribution in [0.2, 0.25) is 0 Å². The third-order valence-corrected chi connectivity index (χ3v) is 7.77. The Kier molecular flexibility index (Phi) is 6.30. The normalized spacial score (nSPS) is 23.3. The summed E-state index contributed by atoms with van der Waals surface area (Å²) in [6, 6.07) is 8.51. The number of thiazole rings is 1. The summed E-state index contributed by atoms with van der Waals surface area (Å²) in [7, 11) is 1.79. The van der Waals surface area contributed by atoms with E-state index >= 15 is 0 Å². The van der Waals surface area contributed by atoms with Gasteiger partial charge in [0.25, 0.3) is 0 Å². The molecule has 2 heterocycles. The molecular formula is C22H29N3O2S2. The number of ether oxygens (including phenoxy) is 1. The van der Waals surface area contributed by atoms with Gasteiger partial charge in [-0.25, -0.2) is 4.98 Å². The minimum absolute atomic E-state index is 0.0292. The Morgan fingerprint density at radius 1 is 1.38 bits per heavy atom. The topological polar surface area (TPSA) is 54.5 Å². The fourth-order valence-corrected chi connectivity index (χ4v) is 6.26. The average Bonchev–Trinajstić information content (AvgIpc) is 3.23. The second-order valence-electron chi connectivity index (χ2n) is 8.00. The maximum atomic E-state index is 12.4. The molecule has 2 aromatic rings. The first-order valence-corrected chi connectivity index (χ1v) is 12.3. The van der Waals surface area contributed by atoms with Gasteiger partial charge in [0, 0.05) is 30.1 Å². The molecule has 5 nitrogen and oxygen atoms in total. The second-order valence-corrected chi connectivity index (χ2v) is 10.2. The van der Waals surface area contributed by atoms with Gasteiger partial charge in [-0.2, -0.15) is 11.8 Å². The van der Waals surface area contributed by atoms with Crippen molar-refractivity contribution in [2.24, 2.45) is 0 Å². The van der Waals surface area contributed by atoms with E-state index in [1.165, 1.54) is 16.0 Å². The minimum Gasteiger partial charge on any atom is -0.378 e. The highest BCUT2D eigenvalue weighted by atomic mass is 32.2. The summed E-state index contributed by atoms with van der Waals surface area (Å²) in [5.41, 5.74) is 2.54. The lowest BCUT2D eigenvalue weighted by molar-refractivity contribution is -0.121. The number of amides is 1. The molecule has 1 spiro atoms. The zero-order chi connectivity index (χ0) is 20.4. The minimum atomic E-state index is -0.0773. The monoisotopic (exact) mass is 431 g/mol. The van der Waals surface area contributed by atoms with Crippen LogP contribution < -0.4 is 5.32 Å². The maximum Gasteiger partial charge on any atom is 0.230 e. The number of nitrogens with zero attached hydrogens (tertiary/aromatic N) is 2. The third kappa shape index (κ3) is 3.98. The van der Waals surface area contributed by atoms with Gasteiger partial charge in [0.2, 0.25) is 5.91 Å². The van der Waals surface area contributed by atoms with Crippen molar-refractivity contribution in [2.45, 2.75) is 43.9 Å². The number of likely N-dealkylation sites (tertiary alicyclic amines) is 1. The first kappa shape index (κ1) is 20.8. The molecule has 1 aliphatic heterocycles. The quantitative estimate of drug-likeness (QED) is 0.758. The van der Waals surface area contributed by atoms with Crippen molar-refractivity contribution < 1.29 is 9.53 Å². The molecular weight excluding hydrogens is 402 g/mol. The highest BCUT2D eigenvalue weighted by molar-refractivity contribution is 7.99. The lowest BCUT2D eigenvalue weighted by atomic mass is 9.72. The number of carbonyl (C=O) groups is 1. The van der Waals surface area contributed by atoms with Gasteiger partial charge in [0.15, 0.2) is 0 Å². The van der Waals surface area contributed by atoms with Gasteiger partial charge in [0.05, 0.1) is 22.9 Å². The fourth-order valence-electron chi connectivity index (χ4n) is 5.08. The highest BCUT2D eigenvalue weighted by Crippen LogP contribution is 2.52. The van der Waals surface area contributed by atoms with Gasteiger partial charge in [0.1, 0.15) is 0 Å². The molecule has 29 heavy (non-hydrogen) atoms. The molecule has 4 rings (SSSR count). The van der Waals surface area contributed by atoms with E-state index < -0.39 is 0 Å². The average molecular weight is 432 g/mol. The summed E-state index contributed by atoms with van der Waals surface area (Å²) in [6.45, 7) is 5.07. The van der Waals surface area contributed by atoms with Crippen molar-refractivity contribution in [2.75, 3.05) is 32.2 Å².